The second-order valence-corrected chi connectivity index (χ2v) is 10.9. The van der Waals surface area contributed by atoms with Gasteiger partial charge in [0.05, 0.1) is 16.3 Å². The molecule has 0 saturated carbocycles. The van der Waals surface area contributed by atoms with E-state index in [0.29, 0.717) is 17.8 Å². The fraction of sp³-hybridized carbons (Fsp3) is 0.333. The largest absolute Gasteiger partial charge is 0.326 e. The minimum atomic E-state index is -3.66. The highest BCUT2D eigenvalue weighted by atomic mass is 32.2. The van der Waals surface area contributed by atoms with Gasteiger partial charge in [-0.1, -0.05) is 19.1 Å². The standard InChI is InChI=1S/C21H24N2O4S2/c1-13-4-5-14(2)17(10-13)22-20(24)8-9-29(26,27)16-6-7-19-18(12-16)23-21(25)11-15(3)28-19/h4-7,10,12,15H,8-9,11H2,1-3H3,(H,22,24)(H,23,25)/t15-/m1/s1. The van der Waals surface area contributed by atoms with Gasteiger partial charge in [-0.05, 0) is 49.2 Å². The van der Waals surface area contributed by atoms with Gasteiger partial charge in [-0.3, -0.25) is 9.59 Å². The summed E-state index contributed by atoms with van der Waals surface area (Å²) in [6.45, 7) is 5.77. The highest BCUT2D eigenvalue weighted by Crippen LogP contribution is 2.36. The lowest BCUT2D eigenvalue weighted by Gasteiger charge is -2.11. The zero-order chi connectivity index (χ0) is 21.2. The maximum Gasteiger partial charge on any atom is 0.225 e. The lowest BCUT2D eigenvalue weighted by atomic mass is 10.1. The summed E-state index contributed by atoms with van der Waals surface area (Å²) in [5.41, 5.74) is 3.12. The quantitative estimate of drug-likeness (QED) is 0.747. The van der Waals surface area contributed by atoms with E-state index in [1.165, 1.54) is 23.9 Å². The molecule has 0 unspecified atom stereocenters. The summed E-state index contributed by atoms with van der Waals surface area (Å²) < 4.78 is 25.5. The predicted molar refractivity (Wildman–Crippen MR) is 116 cm³/mol. The molecule has 0 saturated heterocycles. The summed E-state index contributed by atoms with van der Waals surface area (Å²) in [5.74, 6) is -0.791. The summed E-state index contributed by atoms with van der Waals surface area (Å²) in [5, 5.41) is 5.67. The number of anilines is 2. The van der Waals surface area contributed by atoms with Gasteiger partial charge >= 0.3 is 0 Å². The van der Waals surface area contributed by atoms with E-state index < -0.39 is 9.84 Å². The van der Waals surface area contributed by atoms with Crippen LogP contribution in [-0.4, -0.2) is 31.2 Å². The number of sulfone groups is 1. The smallest absolute Gasteiger partial charge is 0.225 e. The Morgan fingerprint density at radius 2 is 1.97 bits per heavy atom. The van der Waals surface area contributed by atoms with E-state index in [-0.39, 0.29) is 34.1 Å². The molecule has 3 rings (SSSR count). The van der Waals surface area contributed by atoms with E-state index in [9.17, 15) is 18.0 Å². The number of nitrogens with one attached hydrogen (secondary N) is 2. The Bertz CT molecular complexity index is 1060. The summed E-state index contributed by atoms with van der Waals surface area (Å²) in [7, 11) is -3.66. The third-order valence-electron chi connectivity index (χ3n) is 4.65. The maximum atomic E-state index is 12.7. The number of fused-ring (bicyclic) bond motifs is 1. The Balaban J connectivity index is 1.70. The van der Waals surface area contributed by atoms with Crippen molar-refractivity contribution in [2.45, 2.75) is 48.7 Å². The molecule has 0 bridgehead atoms. The molecular weight excluding hydrogens is 408 g/mol. The SMILES string of the molecule is Cc1ccc(C)c(NC(=O)CCS(=O)(=O)c2ccc3c(c2)NC(=O)C[C@@H](C)S3)c1. The number of hydrogen-bond donors (Lipinski definition) is 2. The molecule has 29 heavy (non-hydrogen) atoms. The van der Waals surface area contributed by atoms with Gasteiger partial charge in [0.15, 0.2) is 9.84 Å². The molecule has 6 nitrogen and oxygen atoms in total. The van der Waals surface area contributed by atoms with Crippen molar-refractivity contribution >= 4 is 44.8 Å². The van der Waals surface area contributed by atoms with Gasteiger partial charge in [-0.15, -0.1) is 11.8 Å². The Morgan fingerprint density at radius 3 is 2.72 bits per heavy atom. The van der Waals surface area contributed by atoms with Crippen LogP contribution < -0.4 is 10.6 Å². The summed E-state index contributed by atoms with van der Waals surface area (Å²) >= 11 is 1.54. The van der Waals surface area contributed by atoms with Crippen LogP contribution in [-0.2, 0) is 19.4 Å². The first-order chi connectivity index (χ1) is 13.6. The number of benzene rings is 2. The molecule has 2 amide bonds. The molecular formula is C21H24N2O4S2. The maximum absolute atomic E-state index is 12.7. The van der Waals surface area contributed by atoms with E-state index in [4.69, 9.17) is 0 Å². The highest BCUT2D eigenvalue weighted by Gasteiger charge is 2.23. The topological polar surface area (TPSA) is 92.3 Å². The third kappa shape index (κ3) is 5.39. The minimum absolute atomic E-state index is 0.103. The molecule has 1 aliphatic rings. The van der Waals surface area contributed by atoms with Gasteiger partial charge in [0.1, 0.15) is 0 Å². The molecule has 0 aliphatic carbocycles. The molecule has 0 fully saturated rings. The molecule has 2 N–H and O–H groups in total. The molecule has 0 aromatic heterocycles. The molecule has 2 aromatic carbocycles. The van der Waals surface area contributed by atoms with Crippen LogP contribution in [0.15, 0.2) is 46.2 Å². The Labute approximate surface area is 175 Å². The van der Waals surface area contributed by atoms with Crippen molar-refractivity contribution in [3.05, 3.63) is 47.5 Å². The molecule has 1 atom stereocenters. The Kier molecular flexibility index (Phi) is 6.33. The molecule has 0 spiro atoms. The first kappa shape index (κ1) is 21.4. The van der Waals surface area contributed by atoms with Gasteiger partial charge in [-0.25, -0.2) is 8.42 Å². The lowest BCUT2D eigenvalue weighted by molar-refractivity contribution is -0.116. The van der Waals surface area contributed by atoms with Gasteiger partial charge in [0.25, 0.3) is 0 Å². The fourth-order valence-electron chi connectivity index (χ4n) is 3.05. The van der Waals surface area contributed by atoms with E-state index in [1.54, 1.807) is 6.07 Å². The minimum Gasteiger partial charge on any atom is -0.326 e. The van der Waals surface area contributed by atoms with Gasteiger partial charge in [0.2, 0.25) is 11.8 Å². The van der Waals surface area contributed by atoms with E-state index in [2.05, 4.69) is 10.6 Å². The van der Waals surface area contributed by atoms with E-state index in [1.807, 2.05) is 39.0 Å². The Hall–Kier alpha value is -2.32. The van der Waals surface area contributed by atoms with Crippen LogP contribution in [0.2, 0.25) is 0 Å². The molecule has 154 valence electrons. The number of aryl methyl sites for hydroxylation is 2. The molecule has 1 aliphatic heterocycles. The first-order valence-corrected chi connectivity index (χ1v) is 11.9. The number of hydrogen-bond acceptors (Lipinski definition) is 5. The molecule has 2 aromatic rings. The second kappa shape index (κ2) is 8.59. The van der Waals surface area contributed by atoms with Crippen LogP contribution in [0.5, 0.6) is 0 Å². The summed E-state index contributed by atoms with van der Waals surface area (Å²) in [6.07, 6.45) is 0.227. The van der Waals surface area contributed by atoms with Crippen LogP contribution in [0.4, 0.5) is 11.4 Å². The molecule has 8 heteroatoms. The van der Waals surface area contributed by atoms with Crippen molar-refractivity contribution in [2.24, 2.45) is 0 Å². The average molecular weight is 433 g/mol. The normalized spacial score (nSPS) is 16.5. The second-order valence-electron chi connectivity index (χ2n) is 7.27. The van der Waals surface area contributed by atoms with E-state index >= 15 is 0 Å². The number of thioether (sulfide) groups is 1. The van der Waals surface area contributed by atoms with Gasteiger partial charge < -0.3 is 10.6 Å². The van der Waals surface area contributed by atoms with Crippen LogP contribution >= 0.6 is 11.8 Å². The lowest BCUT2D eigenvalue weighted by Crippen LogP contribution is -2.18. The van der Waals surface area contributed by atoms with E-state index in [0.717, 1.165) is 16.0 Å². The summed E-state index contributed by atoms with van der Waals surface area (Å²) in [4.78, 5) is 25.2. The molecule has 0 radical (unpaired) electrons. The number of carbonyl (C=O) groups is 2. The highest BCUT2D eigenvalue weighted by molar-refractivity contribution is 8.00. The van der Waals surface area contributed by atoms with Crippen molar-refractivity contribution in [3.63, 3.8) is 0 Å². The van der Waals surface area contributed by atoms with Crippen molar-refractivity contribution < 1.29 is 18.0 Å². The van der Waals surface area contributed by atoms with Crippen molar-refractivity contribution in [1.29, 1.82) is 0 Å². The monoisotopic (exact) mass is 432 g/mol. The third-order valence-corrected chi connectivity index (χ3v) is 7.54. The van der Waals surface area contributed by atoms with Crippen LogP contribution in [0.25, 0.3) is 0 Å². The number of rotatable bonds is 5. The fourth-order valence-corrected chi connectivity index (χ4v) is 5.37. The zero-order valence-electron chi connectivity index (χ0n) is 16.6. The van der Waals surface area contributed by atoms with Crippen LogP contribution in [0, 0.1) is 13.8 Å². The van der Waals surface area contributed by atoms with Crippen molar-refractivity contribution in [1.82, 2.24) is 0 Å². The summed E-state index contributed by atoms with van der Waals surface area (Å²) in [6, 6.07) is 10.4. The Morgan fingerprint density at radius 1 is 1.21 bits per heavy atom. The van der Waals surface area contributed by atoms with Crippen LogP contribution in [0.1, 0.15) is 30.9 Å². The molecule has 1 heterocycles. The van der Waals surface area contributed by atoms with Crippen molar-refractivity contribution in [3.8, 4) is 0 Å². The zero-order valence-corrected chi connectivity index (χ0v) is 18.2. The van der Waals surface area contributed by atoms with Crippen LogP contribution in [0.3, 0.4) is 0 Å². The number of carbonyl (C=O) groups excluding carboxylic acids is 2. The van der Waals surface area contributed by atoms with Gasteiger partial charge in [0, 0.05) is 28.7 Å². The van der Waals surface area contributed by atoms with Crippen molar-refractivity contribution in [2.75, 3.05) is 16.4 Å². The number of amides is 2. The first-order valence-electron chi connectivity index (χ1n) is 9.34. The van der Waals surface area contributed by atoms with Gasteiger partial charge in [-0.2, -0.15) is 0 Å². The predicted octanol–water partition coefficient (Wildman–Crippen LogP) is 3.93. The average Bonchev–Trinajstić information content (AvgIpc) is 2.78.